The van der Waals surface area contributed by atoms with Crippen LogP contribution in [0.15, 0.2) is 11.6 Å². The first-order chi connectivity index (χ1) is 7.65. The molecule has 0 aromatic heterocycles. The van der Waals surface area contributed by atoms with Gasteiger partial charge in [0.15, 0.2) is 0 Å². The third-order valence-corrected chi connectivity index (χ3v) is 2.48. The van der Waals surface area contributed by atoms with E-state index in [9.17, 15) is 9.59 Å². The lowest BCUT2D eigenvalue weighted by Crippen LogP contribution is -2.21. The molecule has 4 heteroatoms. The van der Waals surface area contributed by atoms with Crippen LogP contribution in [0.1, 0.15) is 47.0 Å². The quantitative estimate of drug-likeness (QED) is 0.671. The molecule has 0 aromatic rings. The van der Waals surface area contributed by atoms with Crippen LogP contribution in [0.5, 0.6) is 0 Å². The van der Waals surface area contributed by atoms with E-state index in [-0.39, 0.29) is 12.2 Å². The summed E-state index contributed by atoms with van der Waals surface area (Å²) in [4.78, 5) is 22.4. The van der Waals surface area contributed by atoms with Gasteiger partial charge in [0.05, 0.1) is 11.5 Å². The van der Waals surface area contributed by atoms with Crippen molar-refractivity contribution in [3.63, 3.8) is 0 Å². The lowest BCUT2D eigenvalue weighted by Gasteiger charge is -2.15. The Labute approximate surface area is 102 Å². The topological polar surface area (TPSA) is 74.6 Å². The number of carboxylic acid groups (broad SMARTS) is 1. The minimum atomic E-state index is -0.950. The number of Topliss-reactive ketones (excluding diaryl/α,β-unsaturated/α-hetero) is 1. The van der Waals surface area contributed by atoms with Gasteiger partial charge in [-0.2, -0.15) is 0 Å². The molecule has 0 aliphatic carbocycles. The number of allylic oxidation sites excluding steroid dienone is 1. The van der Waals surface area contributed by atoms with E-state index < -0.39 is 17.5 Å². The lowest BCUT2D eigenvalue weighted by molar-refractivity contribution is -0.144. The highest BCUT2D eigenvalue weighted by Gasteiger charge is 2.24. The summed E-state index contributed by atoms with van der Waals surface area (Å²) in [6.07, 6.45) is 2.17. The fraction of sp³-hybridized carbons (Fsp3) is 0.692. The number of rotatable bonds is 7. The number of carboxylic acids is 1. The molecule has 0 amide bonds. The highest BCUT2D eigenvalue weighted by molar-refractivity contribution is 5.81. The molecule has 1 atom stereocenters. The van der Waals surface area contributed by atoms with E-state index in [1.807, 2.05) is 0 Å². The van der Waals surface area contributed by atoms with Crippen molar-refractivity contribution in [2.75, 3.05) is 0 Å². The van der Waals surface area contributed by atoms with Crippen molar-refractivity contribution in [3.8, 4) is 0 Å². The Morgan fingerprint density at radius 1 is 1.35 bits per heavy atom. The second-order valence-corrected chi connectivity index (χ2v) is 5.12. The summed E-state index contributed by atoms with van der Waals surface area (Å²) in [7, 11) is 0. The molecule has 0 radical (unpaired) electrons. The molecule has 0 saturated carbocycles. The molecule has 0 rings (SSSR count). The Morgan fingerprint density at radius 3 is 2.29 bits per heavy atom. The van der Waals surface area contributed by atoms with E-state index in [0.29, 0.717) is 12.8 Å². The molecule has 98 valence electrons. The molecule has 2 N–H and O–H groups in total. The summed E-state index contributed by atoms with van der Waals surface area (Å²) in [5, 5.41) is 18.0. The molecule has 17 heavy (non-hydrogen) atoms. The highest BCUT2D eigenvalue weighted by atomic mass is 16.4. The molecule has 0 aliphatic rings. The maximum atomic E-state index is 11.5. The highest BCUT2D eigenvalue weighted by Crippen LogP contribution is 2.21. The normalized spacial score (nSPS) is 14.5. The molecule has 4 nitrogen and oxygen atoms in total. The molecule has 1 unspecified atom stereocenters. The van der Waals surface area contributed by atoms with Crippen LogP contribution in [0.25, 0.3) is 0 Å². The first-order valence-electron chi connectivity index (χ1n) is 5.76. The molecule has 0 bridgehead atoms. The Bertz CT molecular complexity index is 313. The zero-order valence-corrected chi connectivity index (χ0v) is 11.0. The Balaban J connectivity index is 4.34. The first kappa shape index (κ1) is 15.8. The van der Waals surface area contributed by atoms with E-state index in [4.69, 9.17) is 10.2 Å². The molecular weight excluding hydrogens is 220 g/mol. The minimum absolute atomic E-state index is 0.0286. The van der Waals surface area contributed by atoms with Crippen molar-refractivity contribution in [2.24, 2.45) is 5.41 Å². The smallest absolute Gasteiger partial charge is 0.312 e. The monoisotopic (exact) mass is 242 g/mol. The summed E-state index contributed by atoms with van der Waals surface area (Å²) >= 11 is 0. The van der Waals surface area contributed by atoms with E-state index in [2.05, 4.69) is 0 Å². The van der Waals surface area contributed by atoms with E-state index in [1.165, 1.54) is 0 Å². The summed E-state index contributed by atoms with van der Waals surface area (Å²) < 4.78 is 0. The third kappa shape index (κ3) is 6.89. The van der Waals surface area contributed by atoms with Crippen molar-refractivity contribution in [1.82, 2.24) is 0 Å². The van der Waals surface area contributed by atoms with Gasteiger partial charge in [-0.3, -0.25) is 9.59 Å². The van der Waals surface area contributed by atoms with Crippen LogP contribution in [0.4, 0.5) is 0 Å². The number of aliphatic hydroxyl groups is 1. The average Bonchev–Trinajstić information content (AvgIpc) is 2.13. The fourth-order valence-electron chi connectivity index (χ4n) is 1.50. The predicted molar refractivity (Wildman–Crippen MR) is 65.7 cm³/mol. The average molecular weight is 242 g/mol. The van der Waals surface area contributed by atoms with Crippen molar-refractivity contribution in [3.05, 3.63) is 11.6 Å². The number of aliphatic hydroxyl groups excluding tert-OH is 1. The van der Waals surface area contributed by atoms with E-state index in [1.54, 1.807) is 33.8 Å². The maximum Gasteiger partial charge on any atom is 0.312 e. The number of hydrogen-bond donors (Lipinski definition) is 2. The van der Waals surface area contributed by atoms with Crippen LogP contribution in [0.3, 0.4) is 0 Å². The summed E-state index contributed by atoms with van der Waals surface area (Å²) in [6.45, 7) is 6.59. The second kappa shape index (κ2) is 6.55. The molecule has 0 saturated heterocycles. The van der Waals surface area contributed by atoms with Gasteiger partial charge in [0, 0.05) is 12.8 Å². The van der Waals surface area contributed by atoms with Gasteiger partial charge in [-0.05, 0) is 34.1 Å². The van der Waals surface area contributed by atoms with Gasteiger partial charge < -0.3 is 10.2 Å². The van der Waals surface area contributed by atoms with E-state index >= 15 is 0 Å². The maximum absolute atomic E-state index is 11.5. The van der Waals surface area contributed by atoms with Gasteiger partial charge in [0.25, 0.3) is 0 Å². The summed E-state index contributed by atoms with van der Waals surface area (Å²) in [5.41, 5.74) is -0.192. The van der Waals surface area contributed by atoms with Gasteiger partial charge in [0.1, 0.15) is 5.78 Å². The van der Waals surface area contributed by atoms with Crippen molar-refractivity contribution in [2.45, 2.75) is 53.1 Å². The molecule has 0 aliphatic heterocycles. The number of carbonyl (C=O) groups is 2. The van der Waals surface area contributed by atoms with Gasteiger partial charge >= 0.3 is 5.97 Å². The summed E-state index contributed by atoms with van der Waals surface area (Å²) in [5.74, 6) is -0.880. The number of hydrogen-bond acceptors (Lipinski definition) is 3. The molecule has 0 spiro atoms. The Morgan fingerprint density at radius 2 is 1.88 bits per heavy atom. The van der Waals surface area contributed by atoms with Gasteiger partial charge in [-0.1, -0.05) is 11.6 Å². The van der Waals surface area contributed by atoms with Crippen LogP contribution in [-0.2, 0) is 9.59 Å². The Kier molecular flexibility index (Phi) is 6.10. The van der Waals surface area contributed by atoms with Gasteiger partial charge in [-0.15, -0.1) is 0 Å². The minimum Gasteiger partial charge on any atom is -0.481 e. The standard InChI is InChI=1S/C13H22O4/c1-9(8-13(3,4)12(16)17)7-11(15)6-5-10(2)14/h8,10,14H,5-7H2,1-4H3,(H,16,17). The SMILES string of the molecule is CC(=CC(C)(C)C(=O)O)CC(=O)CCC(C)O. The van der Waals surface area contributed by atoms with Crippen LogP contribution in [-0.4, -0.2) is 28.1 Å². The van der Waals surface area contributed by atoms with E-state index in [0.717, 1.165) is 5.57 Å². The predicted octanol–water partition coefficient (Wildman–Crippen LogP) is 2.16. The van der Waals surface area contributed by atoms with Crippen molar-refractivity contribution in [1.29, 1.82) is 0 Å². The Hall–Kier alpha value is -1.16. The molecular formula is C13H22O4. The lowest BCUT2D eigenvalue weighted by atomic mass is 9.90. The first-order valence-corrected chi connectivity index (χ1v) is 5.76. The molecule has 0 aromatic carbocycles. The second-order valence-electron chi connectivity index (χ2n) is 5.12. The van der Waals surface area contributed by atoms with Gasteiger partial charge in [0.2, 0.25) is 0 Å². The van der Waals surface area contributed by atoms with Gasteiger partial charge in [-0.25, -0.2) is 0 Å². The zero-order valence-electron chi connectivity index (χ0n) is 11.0. The van der Waals surface area contributed by atoms with Crippen LogP contribution >= 0.6 is 0 Å². The van der Waals surface area contributed by atoms with Crippen LogP contribution in [0, 0.1) is 5.41 Å². The molecule has 0 heterocycles. The summed E-state index contributed by atoms with van der Waals surface area (Å²) in [6, 6.07) is 0. The van der Waals surface area contributed by atoms with Crippen LogP contribution in [0.2, 0.25) is 0 Å². The molecule has 0 fully saturated rings. The zero-order chi connectivity index (χ0) is 13.6. The fourth-order valence-corrected chi connectivity index (χ4v) is 1.50. The van der Waals surface area contributed by atoms with Crippen molar-refractivity contribution < 1.29 is 19.8 Å². The third-order valence-electron chi connectivity index (χ3n) is 2.48. The van der Waals surface area contributed by atoms with Crippen LogP contribution < -0.4 is 0 Å². The number of ketones is 1. The number of carbonyl (C=O) groups excluding carboxylic acids is 1. The number of aliphatic carboxylic acids is 1. The largest absolute Gasteiger partial charge is 0.481 e. The van der Waals surface area contributed by atoms with Crippen molar-refractivity contribution >= 4 is 11.8 Å².